The number of nitrogens with one attached hydrogen (secondary N) is 1. The van der Waals surface area contributed by atoms with Crippen LogP contribution in [0.5, 0.6) is 5.75 Å². The topological polar surface area (TPSA) is 44.8 Å². The molecule has 0 unspecified atom stereocenters. The molecule has 3 rings (SSSR count). The van der Waals surface area contributed by atoms with Crippen LogP contribution >= 0.6 is 0 Å². The van der Waals surface area contributed by atoms with E-state index in [1.54, 1.807) is 7.11 Å². The lowest BCUT2D eigenvalue weighted by Crippen LogP contribution is -2.48. The first-order chi connectivity index (χ1) is 13.7. The number of carbonyl (C=O) groups is 1. The number of hydrogen-bond donors (Lipinski definition) is 1. The summed E-state index contributed by atoms with van der Waals surface area (Å²) in [6.07, 6.45) is 1.28. The van der Waals surface area contributed by atoms with Crippen molar-refractivity contribution in [2.75, 3.05) is 46.4 Å². The minimum absolute atomic E-state index is 0.124. The van der Waals surface area contributed by atoms with E-state index in [-0.39, 0.29) is 5.91 Å². The minimum Gasteiger partial charge on any atom is -0.497 e. The third kappa shape index (κ3) is 6.66. The average Bonchev–Trinajstić information content (AvgIpc) is 2.74. The normalized spacial score (nSPS) is 15.3. The van der Waals surface area contributed by atoms with Crippen LogP contribution in [0.1, 0.15) is 17.5 Å². The molecule has 28 heavy (non-hydrogen) atoms. The van der Waals surface area contributed by atoms with Crippen molar-refractivity contribution in [2.24, 2.45) is 0 Å². The Morgan fingerprint density at radius 1 is 0.929 bits per heavy atom. The van der Waals surface area contributed by atoms with Gasteiger partial charge < -0.3 is 10.1 Å². The molecule has 0 atom stereocenters. The maximum Gasteiger partial charge on any atom is 0.220 e. The number of benzene rings is 2. The third-order valence-corrected chi connectivity index (χ3v) is 5.26. The summed E-state index contributed by atoms with van der Waals surface area (Å²) in [6.45, 7) is 6.97. The van der Waals surface area contributed by atoms with Gasteiger partial charge in [0.15, 0.2) is 0 Å². The fourth-order valence-electron chi connectivity index (χ4n) is 3.50. The number of hydrogen-bond acceptors (Lipinski definition) is 4. The van der Waals surface area contributed by atoms with E-state index in [0.29, 0.717) is 6.42 Å². The summed E-state index contributed by atoms with van der Waals surface area (Å²) in [4.78, 5) is 17.0. The average molecular weight is 382 g/mol. The van der Waals surface area contributed by atoms with Crippen LogP contribution in [0.3, 0.4) is 0 Å². The van der Waals surface area contributed by atoms with E-state index < -0.39 is 0 Å². The lowest BCUT2D eigenvalue weighted by molar-refractivity contribution is -0.121. The molecule has 0 aliphatic carbocycles. The number of ether oxygens (including phenoxy) is 1. The lowest BCUT2D eigenvalue weighted by Gasteiger charge is -2.34. The summed E-state index contributed by atoms with van der Waals surface area (Å²) in [6, 6.07) is 18.5. The number of nitrogens with zero attached hydrogens (tertiary/aromatic N) is 2. The minimum atomic E-state index is 0.124. The first-order valence-electron chi connectivity index (χ1n) is 10.1. The van der Waals surface area contributed by atoms with Gasteiger partial charge in [0.25, 0.3) is 0 Å². The zero-order chi connectivity index (χ0) is 19.6. The van der Waals surface area contributed by atoms with Gasteiger partial charge in [-0.05, 0) is 29.7 Å². The van der Waals surface area contributed by atoms with Crippen molar-refractivity contribution in [3.05, 3.63) is 65.7 Å². The second-order valence-corrected chi connectivity index (χ2v) is 7.30. The Labute approximate surface area is 168 Å². The fourth-order valence-corrected chi connectivity index (χ4v) is 3.50. The number of aryl methyl sites for hydroxylation is 1. The number of rotatable bonds is 9. The molecule has 2 aromatic rings. The molecule has 1 N–H and O–H groups in total. The molecular weight excluding hydrogens is 350 g/mol. The Balaban J connectivity index is 1.27. The number of piperazine rings is 1. The molecule has 5 nitrogen and oxygen atoms in total. The molecule has 0 spiro atoms. The molecule has 1 aliphatic rings. The number of amides is 1. The summed E-state index contributed by atoms with van der Waals surface area (Å²) in [5, 5.41) is 3.05. The van der Waals surface area contributed by atoms with Crippen molar-refractivity contribution in [2.45, 2.75) is 19.4 Å². The van der Waals surface area contributed by atoms with Gasteiger partial charge in [0, 0.05) is 52.2 Å². The number of methoxy groups -OCH3 is 1. The van der Waals surface area contributed by atoms with Gasteiger partial charge in [-0.15, -0.1) is 0 Å². The molecule has 0 aromatic heterocycles. The highest BCUT2D eigenvalue weighted by atomic mass is 16.5. The standard InChI is InChI=1S/C23H31N3O2/c1-28-22-10-7-20(8-11-22)9-12-23(27)24-13-14-25-15-17-26(18-16-25)19-21-5-3-2-4-6-21/h2-8,10-11H,9,12-19H2,1H3,(H,24,27). The maximum absolute atomic E-state index is 12.1. The summed E-state index contributed by atoms with van der Waals surface area (Å²) in [5.74, 6) is 0.968. The predicted molar refractivity (Wildman–Crippen MR) is 112 cm³/mol. The summed E-state index contributed by atoms with van der Waals surface area (Å²) < 4.78 is 5.15. The molecule has 5 heteroatoms. The van der Waals surface area contributed by atoms with Gasteiger partial charge in [0.05, 0.1) is 7.11 Å². The molecule has 1 amide bonds. The van der Waals surface area contributed by atoms with Crippen LogP contribution in [0.25, 0.3) is 0 Å². The van der Waals surface area contributed by atoms with Crippen LogP contribution in [-0.4, -0.2) is 62.1 Å². The maximum atomic E-state index is 12.1. The highest BCUT2D eigenvalue weighted by molar-refractivity contribution is 5.76. The van der Waals surface area contributed by atoms with Gasteiger partial charge >= 0.3 is 0 Å². The molecule has 0 saturated carbocycles. The Morgan fingerprint density at radius 3 is 2.29 bits per heavy atom. The van der Waals surface area contributed by atoms with Crippen molar-refractivity contribution >= 4 is 5.91 Å². The van der Waals surface area contributed by atoms with Crippen LogP contribution < -0.4 is 10.1 Å². The second kappa shape index (κ2) is 10.8. The SMILES string of the molecule is COc1ccc(CCC(=O)NCCN2CCN(Cc3ccccc3)CC2)cc1. The smallest absolute Gasteiger partial charge is 0.220 e. The van der Waals surface area contributed by atoms with Gasteiger partial charge in [0.1, 0.15) is 5.75 Å². The third-order valence-electron chi connectivity index (χ3n) is 5.26. The Bertz CT molecular complexity index is 710. The van der Waals surface area contributed by atoms with E-state index >= 15 is 0 Å². The Kier molecular flexibility index (Phi) is 7.88. The Hall–Kier alpha value is -2.37. The zero-order valence-corrected chi connectivity index (χ0v) is 16.8. The molecule has 1 aliphatic heterocycles. The fraction of sp³-hybridized carbons (Fsp3) is 0.435. The molecule has 1 heterocycles. The molecule has 150 valence electrons. The largest absolute Gasteiger partial charge is 0.497 e. The van der Waals surface area contributed by atoms with Crippen molar-refractivity contribution in [3.63, 3.8) is 0 Å². The lowest BCUT2D eigenvalue weighted by atomic mass is 10.1. The molecule has 1 fully saturated rings. The van der Waals surface area contributed by atoms with Crippen LogP contribution in [0, 0.1) is 0 Å². The molecular formula is C23H31N3O2. The quantitative estimate of drug-likeness (QED) is 0.725. The highest BCUT2D eigenvalue weighted by Crippen LogP contribution is 2.12. The Morgan fingerprint density at radius 2 is 1.61 bits per heavy atom. The second-order valence-electron chi connectivity index (χ2n) is 7.30. The van der Waals surface area contributed by atoms with Crippen molar-refractivity contribution in [3.8, 4) is 5.75 Å². The van der Waals surface area contributed by atoms with Crippen molar-refractivity contribution < 1.29 is 9.53 Å². The van der Waals surface area contributed by atoms with Gasteiger partial charge in [0.2, 0.25) is 5.91 Å². The monoisotopic (exact) mass is 381 g/mol. The first-order valence-corrected chi connectivity index (χ1v) is 10.1. The van der Waals surface area contributed by atoms with E-state index in [9.17, 15) is 4.79 Å². The molecule has 2 aromatic carbocycles. The zero-order valence-electron chi connectivity index (χ0n) is 16.8. The van der Waals surface area contributed by atoms with Crippen LogP contribution in [0.2, 0.25) is 0 Å². The van der Waals surface area contributed by atoms with Crippen molar-refractivity contribution in [1.82, 2.24) is 15.1 Å². The first kappa shape index (κ1) is 20.4. The van der Waals surface area contributed by atoms with E-state index in [4.69, 9.17) is 4.74 Å². The van der Waals surface area contributed by atoms with Crippen LogP contribution in [0.4, 0.5) is 0 Å². The van der Waals surface area contributed by atoms with Crippen LogP contribution in [-0.2, 0) is 17.8 Å². The highest BCUT2D eigenvalue weighted by Gasteiger charge is 2.16. The molecule has 1 saturated heterocycles. The predicted octanol–water partition coefficient (Wildman–Crippen LogP) is 2.56. The van der Waals surface area contributed by atoms with E-state index in [0.717, 1.165) is 63.5 Å². The van der Waals surface area contributed by atoms with E-state index in [1.807, 2.05) is 24.3 Å². The van der Waals surface area contributed by atoms with Gasteiger partial charge in [-0.3, -0.25) is 14.6 Å². The van der Waals surface area contributed by atoms with Crippen LogP contribution in [0.15, 0.2) is 54.6 Å². The summed E-state index contributed by atoms with van der Waals surface area (Å²) in [5.41, 5.74) is 2.53. The molecule has 0 bridgehead atoms. The van der Waals surface area contributed by atoms with Gasteiger partial charge in [-0.2, -0.15) is 0 Å². The van der Waals surface area contributed by atoms with E-state index in [2.05, 4.69) is 45.4 Å². The van der Waals surface area contributed by atoms with Crippen molar-refractivity contribution in [1.29, 1.82) is 0 Å². The summed E-state index contributed by atoms with van der Waals surface area (Å²) in [7, 11) is 1.66. The van der Waals surface area contributed by atoms with Gasteiger partial charge in [-0.1, -0.05) is 42.5 Å². The number of carbonyl (C=O) groups excluding carboxylic acids is 1. The van der Waals surface area contributed by atoms with E-state index in [1.165, 1.54) is 5.56 Å². The molecule has 0 radical (unpaired) electrons. The van der Waals surface area contributed by atoms with Gasteiger partial charge in [-0.25, -0.2) is 0 Å². The summed E-state index contributed by atoms with van der Waals surface area (Å²) >= 11 is 0.